The van der Waals surface area contributed by atoms with E-state index >= 15 is 0 Å². The summed E-state index contributed by atoms with van der Waals surface area (Å²) >= 11 is 0. The van der Waals surface area contributed by atoms with Crippen molar-refractivity contribution in [2.45, 2.75) is 46.1 Å². The summed E-state index contributed by atoms with van der Waals surface area (Å²) in [6, 6.07) is 19.3. The molecule has 0 N–H and O–H groups in total. The number of rotatable bonds is 14. The number of benzene rings is 3. The molecule has 0 spiro atoms. The maximum absolute atomic E-state index is 14.0. The van der Waals surface area contributed by atoms with Crippen LogP contribution in [0.4, 0.5) is 0 Å². The summed E-state index contributed by atoms with van der Waals surface area (Å²) in [5.74, 6) is 1.56. The summed E-state index contributed by atoms with van der Waals surface area (Å²) in [5, 5.41) is 0.461. The number of ether oxygens (including phenoxy) is 4. The Morgan fingerprint density at radius 3 is 2.32 bits per heavy atom. The number of carbonyl (C=O) groups excluding carboxylic acids is 2. The first-order valence-corrected chi connectivity index (χ1v) is 14.7. The van der Waals surface area contributed by atoms with Gasteiger partial charge in [-0.2, -0.15) is 0 Å². The molecule has 1 amide bonds. The second-order valence-corrected chi connectivity index (χ2v) is 10.1. The molecule has 0 aliphatic rings. The summed E-state index contributed by atoms with van der Waals surface area (Å²) < 4.78 is 23.0. The van der Waals surface area contributed by atoms with Gasteiger partial charge in [-0.25, -0.2) is 4.98 Å². The molecular weight excluding hydrogens is 562 g/mol. The Kier molecular flexibility index (Phi) is 11.0. The Morgan fingerprint density at radius 2 is 1.64 bits per heavy atom. The Labute approximate surface area is 257 Å². The fourth-order valence-electron chi connectivity index (χ4n) is 5.08. The largest absolute Gasteiger partial charge is 0.494 e. The number of methoxy groups -OCH3 is 2. The molecule has 232 valence electrons. The van der Waals surface area contributed by atoms with E-state index in [0.717, 1.165) is 5.56 Å². The number of para-hydroxylation sites is 1. The average Bonchev–Trinajstić information content (AvgIpc) is 3.04. The molecule has 1 unspecified atom stereocenters. The van der Waals surface area contributed by atoms with Crippen LogP contribution < -0.4 is 19.8 Å². The maximum atomic E-state index is 14.0. The number of fused-ring (bicyclic) bond motifs is 1. The quantitative estimate of drug-likeness (QED) is 0.180. The third-order valence-electron chi connectivity index (χ3n) is 7.31. The lowest BCUT2D eigenvalue weighted by atomic mass is 10.1. The van der Waals surface area contributed by atoms with E-state index in [0.29, 0.717) is 59.2 Å². The lowest BCUT2D eigenvalue weighted by Crippen LogP contribution is -2.39. The standard InChI is InChI=1S/C34H39N3O7/c1-6-43-26-15-13-25(14-16-26)37-33(35-28-11-9-8-10-27(28)34(37)40)23(3)36(31(38)18-19-32(39)44-7-2)21-20-24-12-17-29(41-4)30(22-24)42-5/h8-17,22-23H,6-7,18-21H2,1-5H3. The van der Waals surface area contributed by atoms with Gasteiger partial charge in [-0.3, -0.25) is 19.0 Å². The number of hydrogen-bond acceptors (Lipinski definition) is 8. The van der Waals surface area contributed by atoms with E-state index in [1.165, 1.54) is 0 Å². The van der Waals surface area contributed by atoms with Gasteiger partial charge in [-0.15, -0.1) is 0 Å². The smallest absolute Gasteiger partial charge is 0.306 e. The summed E-state index contributed by atoms with van der Waals surface area (Å²) in [6.07, 6.45) is 0.385. The van der Waals surface area contributed by atoms with Crippen LogP contribution in [0.1, 0.15) is 51.0 Å². The first kappa shape index (κ1) is 32.1. The zero-order chi connectivity index (χ0) is 31.6. The molecular formula is C34H39N3O7. The van der Waals surface area contributed by atoms with Gasteiger partial charge in [0.1, 0.15) is 11.6 Å². The summed E-state index contributed by atoms with van der Waals surface area (Å²) in [6.45, 7) is 6.52. The van der Waals surface area contributed by atoms with Crippen LogP contribution in [0.3, 0.4) is 0 Å². The molecule has 10 nitrogen and oxygen atoms in total. The number of nitrogens with zero attached hydrogens (tertiary/aromatic N) is 3. The van der Waals surface area contributed by atoms with Gasteiger partial charge in [0.2, 0.25) is 5.91 Å². The predicted molar refractivity (Wildman–Crippen MR) is 168 cm³/mol. The predicted octanol–water partition coefficient (Wildman–Crippen LogP) is 5.28. The van der Waals surface area contributed by atoms with Crippen LogP contribution in [0, 0.1) is 0 Å². The van der Waals surface area contributed by atoms with Crippen molar-refractivity contribution < 1.29 is 28.5 Å². The summed E-state index contributed by atoms with van der Waals surface area (Å²) in [7, 11) is 3.14. The zero-order valence-electron chi connectivity index (χ0n) is 25.9. The van der Waals surface area contributed by atoms with E-state index in [1.54, 1.807) is 73.1 Å². The molecule has 1 heterocycles. The van der Waals surface area contributed by atoms with Gasteiger partial charge < -0.3 is 23.8 Å². The first-order chi connectivity index (χ1) is 21.3. The molecule has 0 saturated carbocycles. The van der Waals surface area contributed by atoms with Crippen molar-refractivity contribution in [3.05, 3.63) is 88.5 Å². The van der Waals surface area contributed by atoms with Crippen molar-refractivity contribution in [3.8, 4) is 22.9 Å². The van der Waals surface area contributed by atoms with Crippen molar-refractivity contribution in [2.24, 2.45) is 0 Å². The van der Waals surface area contributed by atoms with Gasteiger partial charge >= 0.3 is 5.97 Å². The van der Waals surface area contributed by atoms with Gasteiger partial charge in [-0.1, -0.05) is 18.2 Å². The minimum Gasteiger partial charge on any atom is -0.494 e. The van der Waals surface area contributed by atoms with Gasteiger partial charge in [0.25, 0.3) is 5.56 Å². The molecule has 1 aromatic heterocycles. The number of amides is 1. The Balaban J connectivity index is 1.77. The molecule has 4 rings (SSSR count). The van der Waals surface area contributed by atoms with Crippen LogP contribution >= 0.6 is 0 Å². The van der Waals surface area contributed by atoms with E-state index in [2.05, 4.69) is 0 Å². The van der Waals surface area contributed by atoms with E-state index in [4.69, 9.17) is 23.9 Å². The normalized spacial score (nSPS) is 11.6. The first-order valence-electron chi connectivity index (χ1n) is 14.7. The van der Waals surface area contributed by atoms with Crippen LogP contribution in [0.25, 0.3) is 16.6 Å². The lowest BCUT2D eigenvalue weighted by Gasteiger charge is -2.31. The highest BCUT2D eigenvalue weighted by atomic mass is 16.5. The molecule has 4 aromatic rings. The van der Waals surface area contributed by atoms with E-state index < -0.39 is 12.0 Å². The van der Waals surface area contributed by atoms with Crippen molar-refractivity contribution in [2.75, 3.05) is 34.0 Å². The number of hydrogen-bond donors (Lipinski definition) is 0. The highest BCUT2D eigenvalue weighted by Crippen LogP contribution is 2.29. The third kappa shape index (κ3) is 7.37. The third-order valence-corrected chi connectivity index (χ3v) is 7.31. The lowest BCUT2D eigenvalue weighted by molar-refractivity contribution is -0.146. The molecule has 0 bridgehead atoms. The number of esters is 1. The highest BCUT2D eigenvalue weighted by molar-refractivity contribution is 5.82. The summed E-state index contributed by atoms with van der Waals surface area (Å²) in [4.78, 5) is 46.4. The molecule has 10 heteroatoms. The van der Waals surface area contributed by atoms with Crippen LogP contribution in [0.15, 0.2) is 71.5 Å². The second kappa shape index (κ2) is 15.0. The summed E-state index contributed by atoms with van der Waals surface area (Å²) in [5.41, 5.74) is 1.80. The van der Waals surface area contributed by atoms with Crippen LogP contribution in [0.5, 0.6) is 17.2 Å². The molecule has 1 atom stereocenters. The molecule has 0 radical (unpaired) electrons. The monoisotopic (exact) mass is 601 g/mol. The van der Waals surface area contributed by atoms with Crippen LogP contribution in [-0.2, 0) is 20.7 Å². The van der Waals surface area contributed by atoms with E-state index in [9.17, 15) is 14.4 Å². The molecule has 0 aliphatic carbocycles. The highest BCUT2D eigenvalue weighted by Gasteiger charge is 2.27. The Bertz CT molecular complexity index is 1650. The van der Waals surface area contributed by atoms with Crippen LogP contribution in [-0.4, -0.2) is 60.3 Å². The SMILES string of the molecule is CCOC(=O)CCC(=O)N(CCc1ccc(OC)c(OC)c1)C(C)c1nc2ccccc2c(=O)n1-c1ccc(OCC)cc1. The molecule has 0 fully saturated rings. The minimum atomic E-state index is -0.631. The molecule has 3 aromatic carbocycles. The zero-order valence-corrected chi connectivity index (χ0v) is 25.9. The van der Waals surface area contributed by atoms with E-state index in [-0.39, 0.29) is 30.9 Å². The van der Waals surface area contributed by atoms with Crippen molar-refractivity contribution in [1.82, 2.24) is 14.5 Å². The van der Waals surface area contributed by atoms with Crippen molar-refractivity contribution >= 4 is 22.8 Å². The number of carbonyl (C=O) groups is 2. The Hall–Kier alpha value is -4.86. The molecule has 0 aliphatic heterocycles. The van der Waals surface area contributed by atoms with E-state index in [1.807, 2.05) is 38.1 Å². The maximum Gasteiger partial charge on any atom is 0.306 e. The molecule has 0 saturated heterocycles. The number of aromatic nitrogens is 2. The topological polar surface area (TPSA) is 109 Å². The van der Waals surface area contributed by atoms with Gasteiger partial charge in [-0.05, 0) is 81.3 Å². The van der Waals surface area contributed by atoms with Crippen molar-refractivity contribution in [3.63, 3.8) is 0 Å². The van der Waals surface area contributed by atoms with Gasteiger partial charge in [0.15, 0.2) is 11.5 Å². The van der Waals surface area contributed by atoms with Crippen LogP contribution in [0.2, 0.25) is 0 Å². The Morgan fingerprint density at radius 1 is 0.909 bits per heavy atom. The fraction of sp³-hybridized carbons (Fsp3) is 0.353. The van der Waals surface area contributed by atoms with Crippen molar-refractivity contribution in [1.29, 1.82) is 0 Å². The van der Waals surface area contributed by atoms with Gasteiger partial charge in [0.05, 0.1) is 56.5 Å². The second-order valence-electron chi connectivity index (χ2n) is 10.1. The fourth-order valence-corrected chi connectivity index (χ4v) is 5.08. The molecule has 44 heavy (non-hydrogen) atoms. The minimum absolute atomic E-state index is 0.0457. The van der Waals surface area contributed by atoms with Gasteiger partial charge in [0, 0.05) is 13.0 Å². The average molecular weight is 602 g/mol.